The lowest BCUT2D eigenvalue weighted by Gasteiger charge is -2.24. The minimum Gasteiger partial charge on any atom is -0.494 e. The van der Waals surface area contributed by atoms with Gasteiger partial charge in [-0.1, -0.05) is 42.5 Å². The fourth-order valence-corrected chi connectivity index (χ4v) is 5.33. The number of anilines is 2. The number of sulfonamides is 1. The Hall–Kier alpha value is -4.70. The Kier molecular flexibility index (Phi) is 9.13. The fraction of sp³-hybridized carbons (Fsp3) is 0.133. The summed E-state index contributed by atoms with van der Waals surface area (Å²) in [7, 11) is -4.24. The van der Waals surface area contributed by atoms with Crippen molar-refractivity contribution in [2.24, 2.45) is 0 Å². The molecule has 8 nitrogen and oxygen atoms in total. The van der Waals surface area contributed by atoms with Crippen LogP contribution in [0.4, 0.5) is 15.8 Å². The van der Waals surface area contributed by atoms with Gasteiger partial charge in [0.2, 0.25) is 5.91 Å². The molecule has 0 aliphatic rings. The lowest BCUT2D eigenvalue weighted by Crippen LogP contribution is -2.38. The zero-order chi connectivity index (χ0) is 28.5. The third-order valence-electron chi connectivity index (χ3n) is 5.87. The van der Waals surface area contributed by atoms with E-state index in [1.54, 1.807) is 24.3 Å². The number of hydrogen-bond donors (Lipinski definition) is 2. The maximum Gasteiger partial charge on any atom is 0.264 e. The molecular weight excluding hydrogens is 533 g/mol. The molecule has 0 heterocycles. The van der Waals surface area contributed by atoms with Crippen molar-refractivity contribution in [3.63, 3.8) is 0 Å². The number of nitrogens with one attached hydrogen (secondary N) is 2. The van der Waals surface area contributed by atoms with E-state index >= 15 is 0 Å². The molecule has 0 unspecified atom stereocenters. The Balaban J connectivity index is 1.56. The van der Waals surface area contributed by atoms with Crippen molar-refractivity contribution >= 4 is 33.2 Å². The molecule has 0 saturated carbocycles. The van der Waals surface area contributed by atoms with E-state index in [4.69, 9.17) is 4.74 Å². The van der Waals surface area contributed by atoms with Gasteiger partial charge in [0.25, 0.3) is 15.9 Å². The molecule has 2 amide bonds. The smallest absolute Gasteiger partial charge is 0.264 e. The summed E-state index contributed by atoms with van der Waals surface area (Å²) in [6.07, 6.45) is 0. The minimum atomic E-state index is -4.24. The third-order valence-corrected chi connectivity index (χ3v) is 7.65. The summed E-state index contributed by atoms with van der Waals surface area (Å²) in [5.41, 5.74) is 1.44. The molecule has 0 aliphatic heterocycles. The second kappa shape index (κ2) is 12.9. The van der Waals surface area contributed by atoms with Crippen molar-refractivity contribution in [3.8, 4) is 5.75 Å². The Morgan fingerprint density at radius 2 is 1.50 bits per heavy atom. The summed E-state index contributed by atoms with van der Waals surface area (Å²) in [6, 6.07) is 26.4. The molecule has 0 spiro atoms. The SMILES string of the molecule is CCOc1ccc(S(=O)(=O)N(CC(=O)Nc2ccccc2C(=O)NCc2ccccc2)c2ccc(F)cc2)cc1. The topological polar surface area (TPSA) is 105 Å². The molecule has 206 valence electrons. The van der Waals surface area contributed by atoms with Crippen LogP contribution >= 0.6 is 0 Å². The molecule has 4 aromatic carbocycles. The maximum absolute atomic E-state index is 13.6. The largest absolute Gasteiger partial charge is 0.494 e. The number of carbonyl (C=O) groups is 2. The van der Waals surface area contributed by atoms with Crippen LogP contribution in [-0.2, 0) is 21.4 Å². The van der Waals surface area contributed by atoms with Crippen molar-refractivity contribution in [1.29, 1.82) is 0 Å². The zero-order valence-corrected chi connectivity index (χ0v) is 22.5. The first kappa shape index (κ1) is 28.3. The van der Waals surface area contributed by atoms with E-state index in [9.17, 15) is 22.4 Å². The van der Waals surface area contributed by atoms with Crippen LogP contribution in [0.5, 0.6) is 5.75 Å². The quantitative estimate of drug-likeness (QED) is 0.269. The second-order valence-corrected chi connectivity index (χ2v) is 10.5. The number of ether oxygens (including phenoxy) is 1. The molecule has 2 N–H and O–H groups in total. The van der Waals surface area contributed by atoms with E-state index in [0.29, 0.717) is 18.9 Å². The van der Waals surface area contributed by atoms with Gasteiger partial charge in [0, 0.05) is 6.54 Å². The first-order chi connectivity index (χ1) is 19.3. The van der Waals surface area contributed by atoms with Crippen LogP contribution in [0, 0.1) is 5.82 Å². The van der Waals surface area contributed by atoms with Gasteiger partial charge in [0.1, 0.15) is 18.1 Å². The first-order valence-corrected chi connectivity index (χ1v) is 13.9. The highest BCUT2D eigenvalue weighted by Gasteiger charge is 2.28. The molecule has 0 atom stereocenters. The van der Waals surface area contributed by atoms with Crippen molar-refractivity contribution in [2.45, 2.75) is 18.4 Å². The Morgan fingerprint density at radius 3 is 2.17 bits per heavy atom. The molecular formula is C30H28FN3O5S. The van der Waals surface area contributed by atoms with Gasteiger partial charge in [0.15, 0.2) is 0 Å². The number of amides is 2. The lowest BCUT2D eigenvalue weighted by atomic mass is 10.1. The number of benzene rings is 4. The minimum absolute atomic E-state index is 0.0752. The average Bonchev–Trinajstić information content (AvgIpc) is 2.96. The maximum atomic E-state index is 13.6. The molecule has 0 fully saturated rings. The average molecular weight is 562 g/mol. The van der Waals surface area contributed by atoms with E-state index in [1.165, 1.54) is 36.4 Å². The van der Waals surface area contributed by atoms with E-state index in [1.807, 2.05) is 37.3 Å². The molecule has 40 heavy (non-hydrogen) atoms. The summed E-state index contributed by atoms with van der Waals surface area (Å²) in [4.78, 5) is 26.0. The van der Waals surface area contributed by atoms with Crippen LogP contribution in [-0.4, -0.2) is 33.4 Å². The van der Waals surface area contributed by atoms with E-state index in [0.717, 1.165) is 22.0 Å². The first-order valence-electron chi connectivity index (χ1n) is 12.5. The molecule has 0 radical (unpaired) electrons. The van der Waals surface area contributed by atoms with Crippen molar-refractivity contribution in [2.75, 3.05) is 22.8 Å². The number of para-hydroxylation sites is 1. The monoisotopic (exact) mass is 561 g/mol. The van der Waals surface area contributed by atoms with Crippen LogP contribution in [0.1, 0.15) is 22.8 Å². The molecule has 4 rings (SSSR count). The molecule has 0 aliphatic carbocycles. The van der Waals surface area contributed by atoms with Gasteiger partial charge in [-0.3, -0.25) is 13.9 Å². The van der Waals surface area contributed by atoms with Gasteiger partial charge in [-0.25, -0.2) is 12.8 Å². The number of hydrogen-bond acceptors (Lipinski definition) is 5. The highest BCUT2D eigenvalue weighted by molar-refractivity contribution is 7.92. The number of carbonyl (C=O) groups excluding carboxylic acids is 2. The third kappa shape index (κ3) is 7.03. The lowest BCUT2D eigenvalue weighted by molar-refractivity contribution is -0.114. The van der Waals surface area contributed by atoms with Crippen LogP contribution in [0.15, 0.2) is 108 Å². The van der Waals surface area contributed by atoms with E-state index in [-0.39, 0.29) is 21.8 Å². The highest BCUT2D eigenvalue weighted by Crippen LogP contribution is 2.26. The van der Waals surface area contributed by atoms with Crippen molar-refractivity contribution < 1.29 is 27.1 Å². The van der Waals surface area contributed by atoms with Gasteiger partial charge in [0.05, 0.1) is 28.4 Å². The number of rotatable bonds is 11. The predicted molar refractivity (Wildman–Crippen MR) is 151 cm³/mol. The second-order valence-electron chi connectivity index (χ2n) is 8.65. The summed E-state index contributed by atoms with van der Waals surface area (Å²) >= 11 is 0. The van der Waals surface area contributed by atoms with Crippen LogP contribution in [0.25, 0.3) is 0 Å². The van der Waals surface area contributed by atoms with Crippen LogP contribution in [0.3, 0.4) is 0 Å². The summed E-state index contributed by atoms with van der Waals surface area (Å²) in [5, 5.41) is 5.47. The van der Waals surface area contributed by atoms with Gasteiger partial charge in [-0.2, -0.15) is 0 Å². The predicted octanol–water partition coefficient (Wildman–Crippen LogP) is 4.99. The standard InChI is InChI=1S/C30H28FN3O5S/c1-2-39-25-16-18-26(19-17-25)40(37,38)34(24-14-12-23(31)13-15-24)21-29(35)33-28-11-7-6-10-27(28)30(36)32-20-22-8-4-3-5-9-22/h3-19H,2,20-21H2,1H3,(H,32,36)(H,33,35). The summed E-state index contributed by atoms with van der Waals surface area (Å²) in [6.45, 7) is 1.89. The molecule has 10 heteroatoms. The Bertz CT molecular complexity index is 1560. The molecule has 0 saturated heterocycles. The number of nitrogens with zero attached hydrogens (tertiary/aromatic N) is 1. The summed E-state index contributed by atoms with van der Waals surface area (Å²) in [5.74, 6) is -1.16. The normalized spacial score (nSPS) is 10.9. The molecule has 4 aromatic rings. The van der Waals surface area contributed by atoms with Gasteiger partial charge in [-0.05, 0) is 73.2 Å². The highest BCUT2D eigenvalue weighted by atomic mass is 32.2. The van der Waals surface area contributed by atoms with E-state index in [2.05, 4.69) is 10.6 Å². The van der Waals surface area contributed by atoms with Crippen LogP contribution < -0.4 is 19.7 Å². The Morgan fingerprint density at radius 1 is 0.850 bits per heavy atom. The van der Waals surface area contributed by atoms with Gasteiger partial charge < -0.3 is 15.4 Å². The molecule has 0 aromatic heterocycles. The van der Waals surface area contributed by atoms with Gasteiger partial charge in [-0.15, -0.1) is 0 Å². The number of halogens is 1. The van der Waals surface area contributed by atoms with Crippen LogP contribution in [0.2, 0.25) is 0 Å². The molecule has 0 bridgehead atoms. The van der Waals surface area contributed by atoms with Gasteiger partial charge >= 0.3 is 0 Å². The zero-order valence-electron chi connectivity index (χ0n) is 21.7. The summed E-state index contributed by atoms with van der Waals surface area (Å²) < 4.78 is 47.1. The Labute approximate surface area is 232 Å². The van der Waals surface area contributed by atoms with E-state index < -0.39 is 34.2 Å². The van der Waals surface area contributed by atoms with Crippen molar-refractivity contribution in [1.82, 2.24) is 5.32 Å². The fourth-order valence-electron chi connectivity index (χ4n) is 3.91. The van der Waals surface area contributed by atoms with Crippen molar-refractivity contribution in [3.05, 3.63) is 120 Å².